The number of urea groups is 1. The fraction of sp³-hybridized carbons (Fsp3) is 0.308. The molecule has 1 aromatic carbocycles. The Kier molecular flexibility index (Phi) is 3.50. The molecule has 19 heavy (non-hydrogen) atoms. The van der Waals surface area contributed by atoms with E-state index in [2.05, 4.69) is 10.6 Å². The number of hydrogen-bond acceptors (Lipinski definition) is 3. The largest absolute Gasteiger partial charge is 0.338 e. The number of anilines is 1. The highest BCUT2D eigenvalue weighted by Crippen LogP contribution is 2.24. The number of benzene rings is 1. The van der Waals surface area contributed by atoms with E-state index in [4.69, 9.17) is 0 Å². The molecule has 0 spiro atoms. The van der Waals surface area contributed by atoms with Gasteiger partial charge >= 0.3 is 6.03 Å². The summed E-state index contributed by atoms with van der Waals surface area (Å²) in [5.41, 5.74) is 1.18. The van der Waals surface area contributed by atoms with Crippen LogP contribution in [0, 0.1) is 0 Å². The number of amides is 4. The molecule has 4 amide bonds. The molecule has 0 bridgehead atoms. The van der Waals surface area contributed by atoms with Crippen LogP contribution in [0.2, 0.25) is 0 Å². The standard InChI is InChI=1S/C13H15N3O3/c1-3-6-14-13(19)15-8-4-5-9-10(7-8)12(18)16(2)11(9)17/h4-5,7H,3,6H2,1-2H3,(H2,14,15,19). The van der Waals surface area contributed by atoms with Crippen LogP contribution in [0.15, 0.2) is 18.2 Å². The Bertz CT molecular complexity index is 554. The van der Waals surface area contributed by atoms with E-state index in [0.717, 1.165) is 11.3 Å². The predicted octanol–water partition coefficient (Wildman–Crippen LogP) is 1.44. The molecule has 0 unspecified atom stereocenters. The summed E-state index contributed by atoms with van der Waals surface area (Å²) in [5.74, 6) is -0.667. The number of carbonyl (C=O) groups excluding carboxylic acids is 3. The van der Waals surface area contributed by atoms with Crippen LogP contribution in [0.3, 0.4) is 0 Å². The lowest BCUT2D eigenvalue weighted by Crippen LogP contribution is -2.29. The molecule has 2 N–H and O–H groups in total. The Morgan fingerprint density at radius 2 is 1.89 bits per heavy atom. The Balaban J connectivity index is 2.17. The maximum atomic E-state index is 11.8. The molecular weight excluding hydrogens is 246 g/mol. The molecule has 2 rings (SSSR count). The minimum atomic E-state index is -0.349. The maximum Gasteiger partial charge on any atom is 0.319 e. The SMILES string of the molecule is CCCNC(=O)Nc1ccc2c(c1)C(=O)N(C)C2=O. The fourth-order valence-electron chi connectivity index (χ4n) is 1.85. The zero-order valence-electron chi connectivity index (χ0n) is 10.8. The zero-order valence-corrected chi connectivity index (χ0v) is 10.8. The second-order valence-corrected chi connectivity index (χ2v) is 4.31. The number of imide groups is 1. The third-order valence-corrected chi connectivity index (χ3v) is 2.88. The van der Waals surface area contributed by atoms with Crippen LogP contribution < -0.4 is 10.6 Å². The molecule has 0 atom stereocenters. The van der Waals surface area contributed by atoms with E-state index < -0.39 is 0 Å². The van der Waals surface area contributed by atoms with E-state index in [9.17, 15) is 14.4 Å². The molecule has 0 aromatic heterocycles. The molecule has 1 aliphatic heterocycles. The number of hydrogen-bond donors (Lipinski definition) is 2. The number of carbonyl (C=O) groups is 3. The topological polar surface area (TPSA) is 78.5 Å². The minimum absolute atomic E-state index is 0.318. The third-order valence-electron chi connectivity index (χ3n) is 2.88. The van der Waals surface area contributed by atoms with Crippen molar-refractivity contribution in [1.29, 1.82) is 0 Å². The van der Waals surface area contributed by atoms with Gasteiger partial charge in [0.1, 0.15) is 0 Å². The Hall–Kier alpha value is -2.37. The van der Waals surface area contributed by atoms with Gasteiger partial charge in [0, 0.05) is 19.3 Å². The molecule has 0 saturated carbocycles. The summed E-state index contributed by atoms with van der Waals surface area (Å²) in [4.78, 5) is 36.0. The van der Waals surface area contributed by atoms with Gasteiger partial charge in [0.25, 0.3) is 11.8 Å². The molecule has 6 heteroatoms. The van der Waals surface area contributed by atoms with Gasteiger partial charge in [-0.2, -0.15) is 0 Å². The molecule has 1 aromatic rings. The first kappa shape index (κ1) is 13.1. The van der Waals surface area contributed by atoms with Gasteiger partial charge in [-0.1, -0.05) is 6.92 Å². The quantitative estimate of drug-likeness (QED) is 0.808. The van der Waals surface area contributed by atoms with Crippen LogP contribution in [0.5, 0.6) is 0 Å². The summed E-state index contributed by atoms with van der Waals surface area (Å²) in [6.07, 6.45) is 0.843. The molecular formula is C13H15N3O3. The first-order chi connectivity index (χ1) is 9.04. The van der Waals surface area contributed by atoms with Crippen LogP contribution in [0.25, 0.3) is 0 Å². The van der Waals surface area contributed by atoms with Gasteiger partial charge in [-0.25, -0.2) is 4.79 Å². The van der Waals surface area contributed by atoms with Crippen molar-refractivity contribution < 1.29 is 14.4 Å². The summed E-state index contributed by atoms with van der Waals surface area (Å²) in [5, 5.41) is 5.29. The van der Waals surface area contributed by atoms with Crippen LogP contribution in [-0.4, -0.2) is 36.3 Å². The first-order valence-electron chi connectivity index (χ1n) is 6.06. The first-order valence-corrected chi connectivity index (χ1v) is 6.06. The third kappa shape index (κ3) is 2.42. The van der Waals surface area contributed by atoms with Gasteiger partial charge in [-0.15, -0.1) is 0 Å². The number of nitrogens with one attached hydrogen (secondary N) is 2. The average molecular weight is 261 g/mol. The smallest absolute Gasteiger partial charge is 0.319 e. The van der Waals surface area contributed by atoms with Gasteiger partial charge in [0.15, 0.2) is 0 Å². The highest BCUT2D eigenvalue weighted by molar-refractivity contribution is 6.21. The van der Waals surface area contributed by atoms with Gasteiger partial charge in [0.05, 0.1) is 11.1 Å². The fourth-order valence-corrected chi connectivity index (χ4v) is 1.85. The van der Waals surface area contributed by atoms with Crippen LogP contribution >= 0.6 is 0 Å². The molecule has 0 saturated heterocycles. The van der Waals surface area contributed by atoms with Crippen molar-refractivity contribution >= 4 is 23.5 Å². The molecule has 1 aliphatic rings. The normalized spacial score (nSPS) is 13.5. The van der Waals surface area contributed by atoms with Crippen molar-refractivity contribution in [3.05, 3.63) is 29.3 Å². The van der Waals surface area contributed by atoms with Gasteiger partial charge < -0.3 is 10.6 Å². The highest BCUT2D eigenvalue weighted by atomic mass is 16.2. The van der Waals surface area contributed by atoms with E-state index in [1.807, 2.05) is 6.92 Å². The second-order valence-electron chi connectivity index (χ2n) is 4.31. The monoisotopic (exact) mass is 261 g/mol. The van der Waals surface area contributed by atoms with E-state index in [0.29, 0.717) is 23.4 Å². The maximum absolute atomic E-state index is 11.8. The number of nitrogens with zero attached hydrogens (tertiary/aromatic N) is 1. The Labute approximate surface area is 110 Å². The predicted molar refractivity (Wildman–Crippen MR) is 70.2 cm³/mol. The molecule has 1 heterocycles. The summed E-state index contributed by atoms with van der Waals surface area (Å²) in [7, 11) is 1.44. The van der Waals surface area contributed by atoms with Gasteiger partial charge in [-0.3, -0.25) is 14.5 Å². The van der Waals surface area contributed by atoms with Crippen molar-refractivity contribution in [3.63, 3.8) is 0 Å². The van der Waals surface area contributed by atoms with Crippen molar-refractivity contribution in [2.24, 2.45) is 0 Å². The van der Waals surface area contributed by atoms with Crippen LogP contribution in [0.4, 0.5) is 10.5 Å². The lowest BCUT2D eigenvalue weighted by molar-refractivity contribution is 0.0693. The van der Waals surface area contributed by atoms with Crippen molar-refractivity contribution in [1.82, 2.24) is 10.2 Å². The van der Waals surface area contributed by atoms with Crippen molar-refractivity contribution in [3.8, 4) is 0 Å². The van der Waals surface area contributed by atoms with Gasteiger partial charge in [-0.05, 0) is 24.6 Å². The van der Waals surface area contributed by atoms with Gasteiger partial charge in [0.2, 0.25) is 0 Å². The Morgan fingerprint density at radius 1 is 1.21 bits per heavy atom. The number of fused-ring (bicyclic) bond motifs is 1. The average Bonchev–Trinajstić information content (AvgIpc) is 2.61. The van der Waals surface area contributed by atoms with E-state index in [1.54, 1.807) is 12.1 Å². The molecule has 100 valence electrons. The van der Waals surface area contributed by atoms with Crippen molar-refractivity contribution in [2.75, 3.05) is 18.9 Å². The van der Waals surface area contributed by atoms with Crippen LogP contribution in [0.1, 0.15) is 34.1 Å². The van der Waals surface area contributed by atoms with E-state index >= 15 is 0 Å². The lowest BCUT2D eigenvalue weighted by atomic mass is 10.1. The second kappa shape index (κ2) is 5.09. The summed E-state index contributed by atoms with van der Waals surface area (Å²) < 4.78 is 0. The lowest BCUT2D eigenvalue weighted by Gasteiger charge is -2.07. The summed E-state index contributed by atoms with van der Waals surface area (Å²) >= 11 is 0. The molecule has 0 fully saturated rings. The van der Waals surface area contributed by atoms with E-state index in [-0.39, 0.29) is 17.8 Å². The van der Waals surface area contributed by atoms with Crippen molar-refractivity contribution in [2.45, 2.75) is 13.3 Å². The van der Waals surface area contributed by atoms with Crippen LogP contribution in [-0.2, 0) is 0 Å². The Morgan fingerprint density at radius 3 is 2.58 bits per heavy atom. The highest BCUT2D eigenvalue weighted by Gasteiger charge is 2.32. The molecule has 6 nitrogen and oxygen atoms in total. The summed E-state index contributed by atoms with van der Waals surface area (Å²) in [6, 6.07) is 4.35. The summed E-state index contributed by atoms with van der Waals surface area (Å²) in [6.45, 7) is 2.53. The molecule has 0 radical (unpaired) electrons. The minimum Gasteiger partial charge on any atom is -0.338 e. The zero-order chi connectivity index (χ0) is 14.0. The van der Waals surface area contributed by atoms with E-state index in [1.165, 1.54) is 13.1 Å². The molecule has 0 aliphatic carbocycles. The number of rotatable bonds is 3.